The highest BCUT2D eigenvalue weighted by molar-refractivity contribution is 7.14. The van der Waals surface area contributed by atoms with E-state index in [1.165, 1.54) is 40.9 Å². The molecule has 0 saturated carbocycles. The van der Waals surface area contributed by atoms with Crippen LogP contribution in [-0.2, 0) is 9.59 Å². The van der Waals surface area contributed by atoms with Crippen LogP contribution in [0.4, 0.5) is 5.13 Å². The number of pyridine rings is 1. The summed E-state index contributed by atoms with van der Waals surface area (Å²) < 4.78 is 5.46. The Morgan fingerprint density at radius 1 is 1.20 bits per heavy atom. The number of hydrogen-bond donors (Lipinski definition) is 2. The van der Waals surface area contributed by atoms with Crippen LogP contribution >= 0.6 is 11.3 Å². The number of ether oxygens (including phenoxy) is 1. The molecule has 0 radical (unpaired) electrons. The maximum absolute atomic E-state index is 13.0. The number of aromatic hydroxyl groups is 1. The second kappa shape index (κ2) is 7.96. The summed E-state index contributed by atoms with van der Waals surface area (Å²) in [6.07, 6.45) is 4.49. The van der Waals surface area contributed by atoms with Crippen molar-refractivity contribution in [1.82, 2.24) is 9.97 Å². The van der Waals surface area contributed by atoms with Crippen molar-refractivity contribution in [3.05, 3.63) is 71.0 Å². The number of carbonyl (C=O) groups is 2. The molecule has 2 N–H and O–H groups in total. The lowest BCUT2D eigenvalue weighted by atomic mass is 9.95. The molecule has 1 aliphatic heterocycles. The molecule has 30 heavy (non-hydrogen) atoms. The van der Waals surface area contributed by atoms with Gasteiger partial charge in [-0.15, -0.1) is 11.3 Å². The van der Waals surface area contributed by atoms with Crippen molar-refractivity contribution >= 4 is 33.9 Å². The number of anilines is 1. The minimum atomic E-state index is -0.941. The molecule has 3 heterocycles. The monoisotopic (exact) mass is 423 g/mol. The van der Waals surface area contributed by atoms with E-state index >= 15 is 0 Å². The number of phenolic OH excluding ortho intramolecular Hbond substituents is 1. The quantitative estimate of drug-likeness (QED) is 0.368. The molecule has 1 unspecified atom stereocenters. The SMILES string of the molecule is CCOc1cc(C2/C(=C(\O)c3ccncc3)C(=O)C(=O)N2c2nccs2)ccc1O. The largest absolute Gasteiger partial charge is 0.507 e. The van der Waals surface area contributed by atoms with Crippen molar-refractivity contribution in [2.75, 3.05) is 11.5 Å². The maximum atomic E-state index is 13.0. The molecule has 1 atom stereocenters. The summed E-state index contributed by atoms with van der Waals surface area (Å²) in [4.78, 5) is 35.2. The predicted molar refractivity (Wildman–Crippen MR) is 110 cm³/mol. The van der Waals surface area contributed by atoms with E-state index < -0.39 is 17.7 Å². The fourth-order valence-corrected chi connectivity index (χ4v) is 3.98. The highest BCUT2D eigenvalue weighted by Gasteiger charge is 2.48. The Morgan fingerprint density at radius 2 is 1.97 bits per heavy atom. The lowest BCUT2D eigenvalue weighted by Crippen LogP contribution is -2.29. The van der Waals surface area contributed by atoms with E-state index in [0.717, 1.165) is 0 Å². The van der Waals surface area contributed by atoms with Crippen LogP contribution < -0.4 is 9.64 Å². The van der Waals surface area contributed by atoms with Crippen LogP contribution in [0.15, 0.2) is 59.9 Å². The van der Waals surface area contributed by atoms with Crippen LogP contribution in [0.3, 0.4) is 0 Å². The van der Waals surface area contributed by atoms with Gasteiger partial charge in [-0.3, -0.25) is 19.5 Å². The van der Waals surface area contributed by atoms with E-state index in [0.29, 0.717) is 22.9 Å². The van der Waals surface area contributed by atoms with Crippen LogP contribution in [0.2, 0.25) is 0 Å². The van der Waals surface area contributed by atoms with Gasteiger partial charge in [-0.25, -0.2) is 4.98 Å². The number of rotatable bonds is 5. The summed E-state index contributed by atoms with van der Waals surface area (Å²) in [6, 6.07) is 6.71. The first-order valence-corrected chi connectivity index (χ1v) is 9.97. The number of aromatic nitrogens is 2. The molecule has 1 aliphatic rings. The number of ketones is 1. The second-order valence-electron chi connectivity index (χ2n) is 6.38. The molecule has 8 nitrogen and oxygen atoms in total. The molecular weight excluding hydrogens is 406 g/mol. The standard InChI is InChI=1S/C21H17N3O5S/c1-2-29-15-11-13(3-4-14(15)25)17-16(18(26)12-5-7-22-8-6-12)19(27)20(28)24(17)21-23-9-10-30-21/h3-11,17,25-26H,2H2,1H3/b18-16+. The van der Waals surface area contributed by atoms with E-state index in [1.54, 1.807) is 36.6 Å². The van der Waals surface area contributed by atoms with Gasteiger partial charge in [0.1, 0.15) is 5.76 Å². The minimum Gasteiger partial charge on any atom is -0.507 e. The number of amides is 1. The predicted octanol–water partition coefficient (Wildman–Crippen LogP) is 3.27. The van der Waals surface area contributed by atoms with Gasteiger partial charge in [0.05, 0.1) is 18.2 Å². The summed E-state index contributed by atoms with van der Waals surface area (Å²) in [5.41, 5.74) is 0.770. The average Bonchev–Trinajstić information content (AvgIpc) is 3.37. The number of carbonyl (C=O) groups excluding carboxylic acids is 2. The van der Waals surface area contributed by atoms with Crippen molar-refractivity contribution in [3.8, 4) is 11.5 Å². The van der Waals surface area contributed by atoms with Gasteiger partial charge in [0.25, 0.3) is 5.78 Å². The van der Waals surface area contributed by atoms with E-state index in [1.807, 2.05) is 0 Å². The van der Waals surface area contributed by atoms with Gasteiger partial charge in [-0.05, 0) is 36.8 Å². The Hall–Kier alpha value is -3.72. The number of aliphatic hydroxyl groups is 1. The van der Waals surface area contributed by atoms with Crippen molar-refractivity contribution in [2.45, 2.75) is 13.0 Å². The zero-order valence-electron chi connectivity index (χ0n) is 15.8. The number of benzene rings is 1. The number of Topliss-reactive ketones (excluding diaryl/α,β-unsaturated/α-hetero) is 1. The highest BCUT2D eigenvalue weighted by atomic mass is 32.1. The molecular formula is C21H17N3O5S. The van der Waals surface area contributed by atoms with Crippen LogP contribution in [0, 0.1) is 0 Å². The zero-order chi connectivity index (χ0) is 21.3. The van der Waals surface area contributed by atoms with Gasteiger partial charge in [0, 0.05) is 29.5 Å². The lowest BCUT2D eigenvalue weighted by Gasteiger charge is -2.23. The minimum absolute atomic E-state index is 0.0686. The third-order valence-electron chi connectivity index (χ3n) is 4.62. The summed E-state index contributed by atoms with van der Waals surface area (Å²) in [7, 11) is 0. The van der Waals surface area contributed by atoms with Gasteiger partial charge in [0.15, 0.2) is 16.6 Å². The molecule has 1 fully saturated rings. The first-order valence-electron chi connectivity index (χ1n) is 9.09. The van der Waals surface area contributed by atoms with E-state index in [9.17, 15) is 19.8 Å². The number of nitrogens with zero attached hydrogens (tertiary/aromatic N) is 3. The average molecular weight is 423 g/mol. The van der Waals surface area contributed by atoms with Gasteiger partial charge in [-0.2, -0.15) is 0 Å². The summed E-state index contributed by atoms with van der Waals surface area (Å²) in [6.45, 7) is 2.10. The first kappa shape index (κ1) is 19.6. The van der Waals surface area contributed by atoms with Crippen LogP contribution in [0.25, 0.3) is 5.76 Å². The zero-order valence-corrected chi connectivity index (χ0v) is 16.7. The lowest BCUT2D eigenvalue weighted by molar-refractivity contribution is -0.132. The van der Waals surface area contributed by atoms with Crippen molar-refractivity contribution < 1.29 is 24.5 Å². The van der Waals surface area contributed by atoms with Gasteiger partial charge >= 0.3 is 5.91 Å². The molecule has 1 saturated heterocycles. The Morgan fingerprint density at radius 3 is 2.63 bits per heavy atom. The summed E-state index contributed by atoms with van der Waals surface area (Å²) in [5, 5.41) is 23.0. The Balaban J connectivity index is 1.94. The fraction of sp³-hybridized carbons (Fsp3) is 0.143. The highest BCUT2D eigenvalue weighted by Crippen LogP contribution is 2.44. The topological polar surface area (TPSA) is 113 Å². The van der Waals surface area contributed by atoms with Gasteiger partial charge < -0.3 is 14.9 Å². The number of thiazole rings is 1. The second-order valence-corrected chi connectivity index (χ2v) is 7.25. The molecule has 3 aromatic rings. The first-order chi connectivity index (χ1) is 14.5. The Labute approximate surface area is 175 Å². The van der Waals surface area contributed by atoms with Gasteiger partial charge in [-0.1, -0.05) is 6.07 Å². The molecule has 0 spiro atoms. The van der Waals surface area contributed by atoms with Crippen molar-refractivity contribution in [3.63, 3.8) is 0 Å². The molecule has 0 aliphatic carbocycles. The van der Waals surface area contributed by atoms with Crippen LogP contribution in [0.5, 0.6) is 11.5 Å². The summed E-state index contributed by atoms with van der Waals surface area (Å²) >= 11 is 1.20. The summed E-state index contributed by atoms with van der Waals surface area (Å²) in [5.74, 6) is -1.79. The third-order valence-corrected chi connectivity index (χ3v) is 5.39. The molecule has 1 aromatic carbocycles. The van der Waals surface area contributed by atoms with E-state index in [4.69, 9.17) is 4.74 Å². The van der Waals surface area contributed by atoms with E-state index in [2.05, 4.69) is 9.97 Å². The van der Waals surface area contributed by atoms with Crippen molar-refractivity contribution in [2.24, 2.45) is 0 Å². The van der Waals surface area contributed by atoms with Crippen molar-refractivity contribution in [1.29, 1.82) is 0 Å². The van der Waals surface area contributed by atoms with E-state index in [-0.39, 0.29) is 22.8 Å². The molecule has 4 rings (SSSR count). The normalized spacial score (nSPS) is 18.0. The molecule has 2 aromatic heterocycles. The Kier molecular flexibility index (Phi) is 5.20. The smallest absolute Gasteiger partial charge is 0.301 e. The van der Waals surface area contributed by atoms with Crippen LogP contribution in [0.1, 0.15) is 24.1 Å². The molecule has 9 heteroatoms. The third kappa shape index (κ3) is 3.29. The van der Waals surface area contributed by atoms with Crippen LogP contribution in [-0.4, -0.2) is 38.5 Å². The fourth-order valence-electron chi connectivity index (χ4n) is 3.32. The van der Waals surface area contributed by atoms with Gasteiger partial charge in [0.2, 0.25) is 0 Å². The number of aliphatic hydroxyl groups excluding tert-OH is 1. The molecule has 152 valence electrons. The number of phenols is 1. The molecule has 1 amide bonds. The maximum Gasteiger partial charge on any atom is 0.301 e. The molecule has 0 bridgehead atoms. The number of hydrogen-bond acceptors (Lipinski definition) is 8. The Bertz CT molecular complexity index is 1130.